The van der Waals surface area contributed by atoms with Crippen LogP contribution in [0, 0.1) is 5.82 Å². The quantitative estimate of drug-likeness (QED) is 0.846. The summed E-state index contributed by atoms with van der Waals surface area (Å²) in [6.45, 7) is 0. The van der Waals surface area contributed by atoms with Crippen molar-refractivity contribution >= 4 is 23.2 Å². The Kier molecular flexibility index (Phi) is 4.07. The Morgan fingerprint density at radius 1 is 1.14 bits per heavy atom. The van der Waals surface area contributed by atoms with Crippen molar-refractivity contribution < 1.29 is 9.13 Å². The van der Waals surface area contributed by atoms with Crippen LogP contribution >= 0.6 is 23.2 Å². The van der Waals surface area contributed by atoms with Gasteiger partial charge in [-0.2, -0.15) is 0 Å². The predicted molar refractivity (Wildman–Crippen MR) is 82.6 cm³/mol. The van der Waals surface area contributed by atoms with E-state index in [4.69, 9.17) is 27.9 Å². The van der Waals surface area contributed by atoms with Crippen molar-refractivity contribution in [2.75, 3.05) is 7.05 Å². The number of fused-ring (bicyclic) bond motifs is 1. The molecule has 2 unspecified atom stereocenters. The molecule has 1 aliphatic rings. The first-order valence-corrected chi connectivity index (χ1v) is 7.42. The van der Waals surface area contributed by atoms with E-state index in [0.29, 0.717) is 22.2 Å². The summed E-state index contributed by atoms with van der Waals surface area (Å²) in [5.41, 5.74) is 1.67. The first kappa shape index (κ1) is 14.6. The molecular formula is C16H14Cl2FNO. The third-order valence-corrected chi connectivity index (χ3v) is 4.30. The predicted octanol–water partition coefficient (Wildman–Crippen LogP) is 4.92. The average molecular weight is 326 g/mol. The SMILES string of the molecule is CNC1CC(c2cc(Cl)ccc2Cl)Oc2ccc(F)cc21. The number of hydrogen-bond donors (Lipinski definition) is 1. The van der Waals surface area contributed by atoms with Crippen LogP contribution in [0.3, 0.4) is 0 Å². The van der Waals surface area contributed by atoms with Crippen LogP contribution in [0.15, 0.2) is 36.4 Å². The van der Waals surface area contributed by atoms with Crippen molar-refractivity contribution in [1.29, 1.82) is 0 Å². The maximum atomic E-state index is 13.4. The van der Waals surface area contributed by atoms with E-state index in [2.05, 4.69) is 5.32 Å². The Balaban J connectivity index is 2.00. The van der Waals surface area contributed by atoms with Gasteiger partial charge in [0.1, 0.15) is 17.7 Å². The van der Waals surface area contributed by atoms with Gasteiger partial charge in [0.15, 0.2) is 0 Å². The molecule has 0 aromatic heterocycles. The number of rotatable bonds is 2. The monoisotopic (exact) mass is 325 g/mol. The van der Waals surface area contributed by atoms with Gasteiger partial charge < -0.3 is 10.1 Å². The van der Waals surface area contributed by atoms with E-state index in [9.17, 15) is 4.39 Å². The standard InChI is InChI=1S/C16H14Cl2FNO/c1-20-14-8-16(11-6-9(17)2-4-13(11)18)21-15-5-3-10(19)7-12(14)15/h2-7,14,16,20H,8H2,1H3. The Morgan fingerprint density at radius 3 is 2.71 bits per heavy atom. The van der Waals surface area contributed by atoms with Crippen molar-refractivity contribution in [1.82, 2.24) is 5.32 Å². The summed E-state index contributed by atoms with van der Waals surface area (Å²) in [5, 5.41) is 4.43. The first-order valence-electron chi connectivity index (χ1n) is 6.67. The van der Waals surface area contributed by atoms with Gasteiger partial charge in [0.05, 0.1) is 0 Å². The minimum absolute atomic E-state index is 0.00417. The smallest absolute Gasteiger partial charge is 0.127 e. The Labute approximate surface area is 132 Å². The summed E-state index contributed by atoms with van der Waals surface area (Å²) in [6.07, 6.45) is 0.444. The van der Waals surface area contributed by atoms with Crippen LogP contribution in [0.4, 0.5) is 4.39 Å². The van der Waals surface area contributed by atoms with Gasteiger partial charge in [0, 0.05) is 33.6 Å². The fourth-order valence-corrected chi connectivity index (χ4v) is 3.09. The normalized spacial score (nSPS) is 20.8. The summed E-state index contributed by atoms with van der Waals surface area (Å²) in [5.74, 6) is 0.403. The highest BCUT2D eigenvalue weighted by Gasteiger charge is 2.30. The molecule has 2 aromatic rings. The van der Waals surface area contributed by atoms with E-state index >= 15 is 0 Å². The molecule has 1 N–H and O–H groups in total. The average Bonchev–Trinajstić information content (AvgIpc) is 2.48. The van der Waals surface area contributed by atoms with Gasteiger partial charge in [-0.15, -0.1) is 0 Å². The van der Waals surface area contributed by atoms with Gasteiger partial charge in [-0.3, -0.25) is 0 Å². The van der Waals surface area contributed by atoms with Gasteiger partial charge in [0.25, 0.3) is 0 Å². The van der Waals surface area contributed by atoms with E-state index in [1.54, 1.807) is 18.2 Å². The van der Waals surface area contributed by atoms with Crippen molar-refractivity contribution in [2.45, 2.75) is 18.6 Å². The molecule has 0 saturated carbocycles. The van der Waals surface area contributed by atoms with Crippen LogP contribution in [0.25, 0.3) is 0 Å². The van der Waals surface area contributed by atoms with Crippen LogP contribution < -0.4 is 10.1 Å². The van der Waals surface area contributed by atoms with Gasteiger partial charge in [-0.25, -0.2) is 4.39 Å². The highest BCUT2D eigenvalue weighted by atomic mass is 35.5. The molecule has 0 aliphatic carbocycles. The van der Waals surface area contributed by atoms with Crippen LogP contribution in [-0.2, 0) is 0 Å². The first-order chi connectivity index (χ1) is 10.1. The number of nitrogens with one attached hydrogen (secondary N) is 1. The lowest BCUT2D eigenvalue weighted by Crippen LogP contribution is -2.27. The van der Waals surface area contributed by atoms with E-state index in [1.807, 2.05) is 13.1 Å². The zero-order chi connectivity index (χ0) is 15.0. The molecule has 0 fully saturated rings. The lowest BCUT2D eigenvalue weighted by atomic mass is 9.93. The topological polar surface area (TPSA) is 21.3 Å². The molecule has 1 heterocycles. The van der Waals surface area contributed by atoms with Crippen LogP contribution in [-0.4, -0.2) is 7.05 Å². The molecule has 110 valence electrons. The third kappa shape index (κ3) is 2.86. The van der Waals surface area contributed by atoms with Crippen molar-refractivity contribution in [3.05, 3.63) is 63.4 Å². The van der Waals surface area contributed by atoms with Gasteiger partial charge in [0.2, 0.25) is 0 Å². The van der Waals surface area contributed by atoms with Crippen molar-refractivity contribution in [3.8, 4) is 5.75 Å². The van der Waals surface area contributed by atoms with Crippen LogP contribution in [0.2, 0.25) is 10.0 Å². The summed E-state index contributed by atoms with van der Waals surface area (Å²) in [4.78, 5) is 0. The Bertz CT molecular complexity index is 677. The largest absolute Gasteiger partial charge is 0.485 e. The molecular weight excluding hydrogens is 312 g/mol. The molecule has 1 aliphatic heterocycles. The number of hydrogen-bond acceptors (Lipinski definition) is 2. The zero-order valence-electron chi connectivity index (χ0n) is 11.4. The molecule has 2 atom stereocenters. The van der Waals surface area contributed by atoms with E-state index < -0.39 is 0 Å². The molecule has 0 radical (unpaired) electrons. The molecule has 3 rings (SSSR count). The van der Waals surface area contributed by atoms with E-state index in [1.165, 1.54) is 12.1 Å². The minimum atomic E-state index is -0.267. The molecule has 0 spiro atoms. The second kappa shape index (κ2) is 5.84. The lowest BCUT2D eigenvalue weighted by Gasteiger charge is -2.32. The van der Waals surface area contributed by atoms with Crippen LogP contribution in [0.1, 0.15) is 29.7 Å². The second-order valence-corrected chi connectivity index (χ2v) is 5.88. The summed E-state index contributed by atoms with van der Waals surface area (Å²) in [7, 11) is 1.85. The number of halogens is 3. The molecule has 2 nitrogen and oxygen atoms in total. The lowest BCUT2D eigenvalue weighted by molar-refractivity contribution is 0.153. The molecule has 0 bridgehead atoms. The Hall–Kier alpha value is -1.29. The fourth-order valence-electron chi connectivity index (χ4n) is 2.67. The van der Waals surface area contributed by atoms with E-state index in [-0.39, 0.29) is 18.0 Å². The minimum Gasteiger partial charge on any atom is -0.485 e. The van der Waals surface area contributed by atoms with Gasteiger partial charge in [-0.05, 0) is 43.4 Å². The zero-order valence-corrected chi connectivity index (χ0v) is 12.9. The highest BCUT2D eigenvalue weighted by molar-refractivity contribution is 6.33. The van der Waals surface area contributed by atoms with Crippen molar-refractivity contribution in [2.24, 2.45) is 0 Å². The second-order valence-electron chi connectivity index (χ2n) is 5.03. The van der Waals surface area contributed by atoms with Gasteiger partial charge in [-0.1, -0.05) is 23.2 Å². The third-order valence-electron chi connectivity index (χ3n) is 3.72. The fraction of sp³-hybridized carbons (Fsp3) is 0.250. The van der Waals surface area contributed by atoms with E-state index in [0.717, 1.165) is 11.1 Å². The Morgan fingerprint density at radius 2 is 1.95 bits per heavy atom. The summed E-state index contributed by atoms with van der Waals surface area (Å²) < 4.78 is 19.4. The number of ether oxygens (including phenoxy) is 1. The van der Waals surface area contributed by atoms with Crippen LogP contribution in [0.5, 0.6) is 5.75 Å². The van der Waals surface area contributed by atoms with Gasteiger partial charge >= 0.3 is 0 Å². The summed E-state index contributed by atoms with van der Waals surface area (Å²) in [6, 6.07) is 9.88. The molecule has 5 heteroatoms. The highest BCUT2D eigenvalue weighted by Crippen LogP contribution is 2.42. The maximum absolute atomic E-state index is 13.4. The molecule has 0 amide bonds. The molecule has 21 heavy (non-hydrogen) atoms. The number of benzene rings is 2. The summed E-state index contributed by atoms with van der Waals surface area (Å²) >= 11 is 12.3. The molecule has 0 saturated heterocycles. The molecule has 2 aromatic carbocycles. The van der Waals surface area contributed by atoms with Crippen molar-refractivity contribution in [3.63, 3.8) is 0 Å². The maximum Gasteiger partial charge on any atom is 0.127 e.